The van der Waals surface area contributed by atoms with Crippen LogP contribution in [0.15, 0.2) is 18.2 Å². The summed E-state index contributed by atoms with van der Waals surface area (Å²) in [5.74, 6) is 0. The quantitative estimate of drug-likeness (QED) is 0.869. The maximum atomic E-state index is 13.0. The molecular weight excluding hydrogens is 269 g/mol. The maximum absolute atomic E-state index is 13.0. The summed E-state index contributed by atoms with van der Waals surface area (Å²) in [6.07, 6.45) is -2.44. The number of benzene rings is 1. The van der Waals surface area contributed by atoms with Gasteiger partial charge in [-0.05, 0) is 30.5 Å². The fourth-order valence-electron chi connectivity index (χ4n) is 2.54. The number of rotatable bonds is 3. The van der Waals surface area contributed by atoms with Crippen molar-refractivity contribution in [2.75, 3.05) is 25.9 Å². The van der Waals surface area contributed by atoms with Crippen LogP contribution >= 0.6 is 0 Å². The molecule has 3 nitrogen and oxygen atoms in total. The number of methoxy groups -OCH3 is 1. The van der Waals surface area contributed by atoms with Crippen LogP contribution in [-0.2, 0) is 17.5 Å². The fraction of sp³-hybridized carbons (Fsp3) is 0.571. The van der Waals surface area contributed by atoms with Gasteiger partial charge in [-0.1, -0.05) is 6.07 Å². The Balaban J connectivity index is 2.10. The van der Waals surface area contributed by atoms with Crippen molar-refractivity contribution in [3.63, 3.8) is 0 Å². The summed E-state index contributed by atoms with van der Waals surface area (Å²) in [4.78, 5) is 2.02. The first-order valence-electron chi connectivity index (χ1n) is 6.61. The van der Waals surface area contributed by atoms with Crippen molar-refractivity contribution in [2.45, 2.75) is 31.7 Å². The third kappa shape index (κ3) is 3.64. The monoisotopic (exact) mass is 288 g/mol. The molecule has 1 saturated heterocycles. The van der Waals surface area contributed by atoms with Gasteiger partial charge in [-0.2, -0.15) is 13.2 Å². The van der Waals surface area contributed by atoms with Crippen molar-refractivity contribution >= 4 is 5.69 Å². The highest BCUT2D eigenvalue weighted by atomic mass is 19.4. The molecule has 6 heteroatoms. The molecule has 112 valence electrons. The Morgan fingerprint density at radius 3 is 2.50 bits per heavy atom. The number of ether oxygens (including phenoxy) is 1. The second-order valence-electron chi connectivity index (χ2n) is 5.13. The third-order valence-corrected chi connectivity index (χ3v) is 3.70. The number of alkyl halides is 3. The van der Waals surface area contributed by atoms with Gasteiger partial charge in [0.15, 0.2) is 0 Å². The number of piperidine rings is 1. The van der Waals surface area contributed by atoms with Crippen LogP contribution in [0.2, 0.25) is 0 Å². The van der Waals surface area contributed by atoms with E-state index in [1.165, 1.54) is 12.1 Å². The van der Waals surface area contributed by atoms with Crippen molar-refractivity contribution in [3.05, 3.63) is 29.3 Å². The molecule has 1 fully saturated rings. The Labute approximate surface area is 116 Å². The molecule has 2 rings (SSSR count). The normalized spacial score (nSPS) is 18.4. The van der Waals surface area contributed by atoms with Crippen LogP contribution in [0.3, 0.4) is 0 Å². The zero-order chi connectivity index (χ0) is 14.8. The predicted octanol–water partition coefficient (Wildman–Crippen LogP) is 2.90. The molecule has 0 spiro atoms. The predicted molar refractivity (Wildman–Crippen MR) is 71.2 cm³/mol. The first-order chi connectivity index (χ1) is 9.40. The van der Waals surface area contributed by atoms with Gasteiger partial charge in [-0.25, -0.2) is 0 Å². The third-order valence-electron chi connectivity index (χ3n) is 3.70. The Morgan fingerprint density at radius 1 is 1.30 bits per heavy atom. The Kier molecular flexibility index (Phi) is 4.55. The van der Waals surface area contributed by atoms with Crippen LogP contribution in [0.25, 0.3) is 0 Å². The van der Waals surface area contributed by atoms with Crippen molar-refractivity contribution in [2.24, 2.45) is 0 Å². The summed E-state index contributed by atoms with van der Waals surface area (Å²) in [5.41, 5.74) is 5.25. The number of hydrogen-bond donors (Lipinski definition) is 1. The van der Waals surface area contributed by atoms with E-state index in [0.29, 0.717) is 6.54 Å². The van der Waals surface area contributed by atoms with Crippen LogP contribution in [0.5, 0.6) is 0 Å². The molecule has 1 aliphatic rings. The van der Waals surface area contributed by atoms with Gasteiger partial charge in [-0.15, -0.1) is 0 Å². The molecule has 0 saturated carbocycles. The summed E-state index contributed by atoms with van der Waals surface area (Å²) in [5, 5.41) is 0. The molecule has 0 bridgehead atoms. The van der Waals surface area contributed by atoms with Gasteiger partial charge in [0.1, 0.15) is 0 Å². The maximum Gasteiger partial charge on any atom is 0.416 e. The van der Waals surface area contributed by atoms with E-state index in [1.807, 2.05) is 4.90 Å². The number of nitrogens with zero attached hydrogens (tertiary/aromatic N) is 1. The van der Waals surface area contributed by atoms with Gasteiger partial charge in [0.05, 0.1) is 11.7 Å². The average molecular weight is 288 g/mol. The van der Waals surface area contributed by atoms with Crippen LogP contribution < -0.4 is 5.73 Å². The van der Waals surface area contributed by atoms with E-state index < -0.39 is 11.7 Å². The number of nitrogen functional groups attached to an aromatic ring is 1. The molecule has 1 aliphatic heterocycles. The first kappa shape index (κ1) is 15.1. The minimum Gasteiger partial charge on any atom is -0.399 e. The van der Waals surface area contributed by atoms with Crippen LogP contribution in [0.1, 0.15) is 24.0 Å². The summed E-state index contributed by atoms with van der Waals surface area (Å²) < 4.78 is 44.3. The van der Waals surface area contributed by atoms with Crippen LogP contribution in [0.4, 0.5) is 18.9 Å². The van der Waals surface area contributed by atoms with E-state index in [1.54, 1.807) is 7.11 Å². The number of hydrogen-bond acceptors (Lipinski definition) is 3. The summed E-state index contributed by atoms with van der Waals surface area (Å²) in [7, 11) is 1.67. The highest BCUT2D eigenvalue weighted by molar-refractivity contribution is 5.46. The molecule has 2 N–H and O–H groups in total. The lowest BCUT2D eigenvalue weighted by molar-refractivity contribution is -0.138. The Bertz CT molecular complexity index is 454. The molecule has 1 heterocycles. The van der Waals surface area contributed by atoms with Crippen molar-refractivity contribution < 1.29 is 17.9 Å². The smallest absolute Gasteiger partial charge is 0.399 e. The zero-order valence-corrected chi connectivity index (χ0v) is 11.4. The van der Waals surface area contributed by atoms with Gasteiger partial charge < -0.3 is 10.5 Å². The lowest BCUT2D eigenvalue weighted by Gasteiger charge is -2.31. The topological polar surface area (TPSA) is 38.5 Å². The molecule has 1 aromatic carbocycles. The lowest BCUT2D eigenvalue weighted by atomic mass is 10.0. The van der Waals surface area contributed by atoms with E-state index in [4.69, 9.17) is 10.5 Å². The van der Waals surface area contributed by atoms with Gasteiger partial charge in [0, 0.05) is 32.4 Å². The summed E-state index contributed by atoms with van der Waals surface area (Å²) in [6, 6.07) is 4.00. The molecule has 1 aromatic rings. The summed E-state index contributed by atoms with van der Waals surface area (Å²) in [6.45, 7) is 1.80. The zero-order valence-electron chi connectivity index (χ0n) is 11.4. The molecule has 0 aromatic heterocycles. The number of halogens is 3. The lowest BCUT2D eigenvalue weighted by Crippen LogP contribution is -2.36. The van der Waals surface area contributed by atoms with Gasteiger partial charge in [-0.3, -0.25) is 4.90 Å². The minimum atomic E-state index is -4.37. The van der Waals surface area contributed by atoms with E-state index >= 15 is 0 Å². The van der Waals surface area contributed by atoms with E-state index in [9.17, 15) is 13.2 Å². The van der Waals surface area contributed by atoms with E-state index in [2.05, 4.69) is 0 Å². The molecular formula is C14H19F3N2O. The highest BCUT2D eigenvalue weighted by Crippen LogP contribution is 2.34. The summed E-state index contributed by atoms with van der Waals surface area (Å²) >= 11 is 0. The van der Waals surface area contributed by atoms with Crippen LogP contribution in [0, 0.1) is 0 Å². The number of nitrogens with two attached hydrogens (primary N) is 1. The van der Waals surface area contributed by atoms with Crippen molar-refractivity contribution in [3.8, 4) is 0 Å². The second-order valence-corrected chi connectivity index (χ2v) is 5.13. The first-order valence-corrected chi connectivity index (χ1v) is 6.61. The molecule has 0 amide bonds. The Hall–Kier alpha value is -1.27. The van der Waals surface area contributed by atoms with E-state index in [0.717, 1.165) is 32.0 Å². The average Bonchev–Trinajstić information content (AvgIpc) is 2.40. The molecule has 0 radical (unpaired) electrons. The van der Waals surface area contributed by atoms with Crippen LogP contribution in [-0.4, -0.2) is 31.2 Å². The molecule has 0 atom stereocenters. The number of anilines is 1. The molecule has 0 aliphatic carbocycles. The van der Waals surface area contributed by atoms with Gasteiger partial charge in [0.25, 0.3) is 0 Å². The minimum absolute atomic E-state index is 0.138. The standard InChI is InChI=1S/C14H19F3N2O/c1-20-12-4-6-19(7-5-12)9-10-2-3-11(18)8-13(10)14(15,16)17/h2-3,8,12H,4-7,9,18H2,1H3. The fourth-order valence-corrected chi connectivity index (χ4v) is 2.54. The molecule has 20 heavy (non-hydrogen) atoms. The second kappa shape index (κ2) is 6.01. The SMILES string of the molecule is COC1CCN(Cc2ccc(N)cc2C(F)(F)F)CC1. The van der Waals surface area contributed by atoms with E-state index in [-0.39, 0.29) is 17.4 Å². The largest absolute Gasteiger partial charge is 0.416 e. The Morgan fingerprint density at radius 2 is 1.95 bits per heavy atom. The van der Waals surface area contributed by atoms with Crippen molar-refractivity contribution in [1.82, 2.24) is 4.90 Å². The van der Waals surface area contributed by atoms with Gasteiger partial charge in [0.2, 0.25) is 0 Å². The van der Waals surface area contributed by atoms with Gasteiger partial charge >= 0.3 is 6.18 Å². The highest BCUT2D eigenvalue weighted by Gasteiger charge is 2.34. The molecule has 0 unspecified atom stereocenters. The van der Waals surface area contributed by atoms with Crippen molar-refractivity contribution in [1.29, 1.82) is 0 Å². The number of likely N-dealkylation sites (tertiary alicyclic amines) is 1.